The summed E-state index contributed by atoms with van der Waals surface area (Å²) in [6.07, 6.45) is 1.35. The van der Waals surface area contributed by atoms with Crippen LogP contribution in [0.2, 0.25) is 0 Å². The molecule has 3 nitrogen and oxygen atoms in total. The molecule has 0 spiro atoms. The number of pyridine rings is 1. The van der Waals surface area contributed by atoms with Crippen LogP contribution >= 0.6 is 11.8 Å². The van der Waals surface area contributed by atoms with Crippen LogP contribution in [0.15, 0.2) is 64.6 Å². The van der Waals surface area contributed by atoms with Crippen molar-refractivity contribution in [2.75, 3.05) is 11.5 Å². The molecule has 0 amide bonds. The summed E-state index contributed by atoms with van der Waals surface area (Å²) in [6.45, 7) is 2.04. The summed E-state index contributed by atoms with van der Waals surface area (Å²) in [4.78, 5) is 9.83. The molecule has 0 atom stereocenters. The highest BCUT2D eigenvalue weighted by molar-refractivity contribution is 7.99. The Morgan fingerprint density at radius 1 is 1.10 bits per heavy atom. The van der Waals surface area contributed by atoms with Crippen molar-refractivity contribution in [2.45, 2.75) is 36.8 Å². The molecule has 0 aliphatic heterocycles. The molecule has 1 heterocycles. The van der Waals surface area contributed by atoms with Crippen molar-refractivity contribution in [1.29, 1.82) is 0 Å². The molecule has 31 heavy (non-hydrogen) atoms. The van der Waals surface area contributed by atoms with Gasteiger partial charge in [-0.25, -0.2) is 9.98 Å². The Labute approximate surface area is 183 Å². The van der Waals surface area contributed by atoms with Crippen molar-refractivity contribution < 1.29 is 13.2 Å². The number of rotatable bonds is 6. The van der Waals surface area contributed by atoms with E-state index >= 15 is 0 Å². The smallest absolute Gasteiger partial charge is 0.398 e. The van der Waals surface area contributed by atoms with Crippen LogP contribution < -0.4 is 5.73 Å². The highest BCUT2D eigenvalue weighted by Gasteiger charge is 2.30. The predicted octanol–water partition coefficient (Wildman–Crippen LogP) is 7.09. The monoisotopic (exact) mass is 441 g/mol. The maximum Gasteiger partial charge on any atom is 0.416 e. The van der Waals surface area contributed by atoms with Crippen LogP contribution in [-0.2, 0) is 6.18 Å². The summed E-state index contributed by atoms with van der Waals surface area (Å²) in [5.41, 5.74) is 8.95. The highest BCUT2D eigenvalue weighted by atomic mass is 32.2. The zero-order valence-electron chi connectivity index (χ0n) is 17.0. The second kappa shape index (κ2) is 8.75. The Kier molecular flexibility index (Phi) is 6.05. The Hall–Kier alpha value is -2.80. The van der Waals surface area contributed by atoms with Gasteiger partial charge in [0.1, 0.15) is 0 Å². The summed E-state index contributed by atoms with van der Waals surface area (Å²) >= 11 is 1.62. The quantitative estimate of drug-likeness (QED) is 0.252. The Balaban J connectivity index is 1.59. The van der Waals surface area contributed by atoms with Gasteiger partial charge in [-0.1, -0.05) is 37.3 Å². The first-order chi connectivity index (χ1) is 14.8. The van der Waals surface area contributed by atoms with E-state index in [0.717, 1.165) is 33.9 Å². The summed E-state index contributed by atoms with van der Waals surface area (Å²) in [6, 6.07) is 13.9. The molecular formula is C24H22F3N3S. The lowest BCUT2D eigenvalue weighted by atomic mass is 10.0. The molecule has 1 fully saturated rings. The second-order valence-corrected chi connectivity index (χ2v) is 8.78. The van der Waals surface area contributed by atoms with Gasteiger partial charge < -0.3 is 5.73 Å². The van der Waals surface area contributed by atoms with Gasteiger partial charge in [-0.15, -0.1) is 11.8 Å². The fraction of sp³-hybridized carbons (Fsp3) is 0.250. The van der Waals surface area contributed by atoms with Crippen molar-refractivity contribution in [1.82, 2.24) is 4.98 Å². The second-order valence-electron chi connectivity index (χ2n) is 7.47. The average molecular weight is 442 g/mol. The first-order valence-corrected chi connectivity index (χ1v) is 11.1. The van der Waals surface area contributed by atoms with Crippen LogP contribution in [0.4, 0.5) is 24.7 Å². The van der Waals surface area contributed by atoms with Crippen LogP contribution in [-0.4, -0.2) is 17.0 Å². The summed E-state index contributed by atoms with van der Waals surface area (Å²) in [7, 11) is 0. The normalized spacial score (nSPS) is 14.3. The SMILES string of the molecule is CCSc1cc(-c2ccc(C3CC3)cc2)cnc1/N=C/c1ccc(C(F)(F)F)cc1N. The molecule has 4 rings (SSSR count). The molecule has 2 N–H and O–H groups in total. The molecular weight excluding hydrogens is 419 g/mol. The van der Waals surface area contributed by atoms with E-state index in [1.165, 1.54) is 30.7 Å². The number of aromatic nitrogens is 1. The Morgan fingerprint density at radius 2 is 1.84 bits per heavy atom. The van der Waals surface area contributed by atoms with E-state index in [4.69, 9.17) is 5.73 Å². The first-order valence-electron chi connectivity index (χ1n) is 10.1. The summed E-state index contributed by atoms with van der Waals surface area (Å²) < 4.78 is 38.5. The van der Waals surface area contributed by atoms with E-state index in [0.29, 0.717) is 17.3 Å². The van der Waals surface area contributed by atoms with Crippen LogP contribution in [0.1, 0.15) is 42.4 Å². The van der Waals surface area contributed by atoms with Gasteiger partial charge in [-0.3, -0.25) is 0 Å². The third-order valence-electron chi connectivity index (χ3n) is 5.17. The van der Waals surface area contributed by atoms with Gasteiger partial charge in [-0.2, -0.15) is 13.2 Å². The van der Waals surface area contributed by atoms with E-state index < -0.39 is 11.7 Å². The molecule has 1 aliphatic carbocycles. The zero-order chi connectivity index (χ0) is 22.0. The van der Waals surface area contributed by atoms with Crippen LogP contribution in [0.3, 0.4) is 0 Å². The predicted molar refractivity (Wildman–Crippen MR) is 121 cm³/mol. The molecule has 1 aromatic heterocycles. The number of alkyl halides is 3. The maximum absolute atomic E-state index is 12.8. The molecule has 0 unspecified atom stereocenters. The largest absolute Gasteiger partial charge is 0.416 e. The topological polar surface area (TPSA) is 51.3 Å². The number of benzene rings is 2. The Bertz CT molecular complexity index is 1100. The minimum absolute atomic E-state index is 0.0237. The molecule has 0 saturated heterocycles. The first kappa shape index (κ1) is 21.4. The average Bonchev–Trinajstić information content (AvgIpc) is 3.59. The van der Waals surface area contributed by atoms with Crippen LogP contribution in [0.25, 0.3) is 11.1 Å². The van der Waals surface area contributed by atoms with Gasteiger partial charge in [0, 0.05) is 29.2 Å². The van der Waals surface area contributed by atoms with E-state index in [-0.39, 0.29) is 5.69 Å². The van der Waals surface area contributed by atoms with Gasteiger partial charge in [0.2, 0.25) is 0 Å². The number of nitrogens with zero attached hydrogens (tertiary/aromatic N) is 2. The van der Waals surface area contributed by atoms with Crippen molar-refractivity contribution in [2.24, 2.45) is 4.99 Å². The lowest BCUT2D eigenvalue weighted by molar-refractivity contribution is -0.137. The molecule has 1 aliphatic rings. The van der Waals surface area contributed by atoms with Gasteiger partial charge in [0.25, 0.3) is 0 Å². The van der Waals surface area contributed by atoms with Crippen LogP contribution in [0, 0.1) is 0 Å². The number of hydrogen-bond acceptors (Lipinski definition) is 4. The molecule has 0 bridgehead atoms. The number of nitrogen functional groups attached to an aromatic ring is 1. The van der Waals surface area contributed by atoms with Gasteiger partial charge >= 0.3 is 6.18 Å². The third kappa shape index (κ3) is 5.10. The fourth-order valence-electron chi connectivity index (χ4n) is 3.32. The number of halogens is 3. The standard InChI is InChI=1S/C24H22F3N3S/c1-2-31-22-11-19(17-7-5-16(6-8-17)15-3-4-15)14-30-23(22)29-13-18-9-10-20(12-21(18)28)24(25,26)27/h5-15H,2-4,28H2,1H3/b29-13+. The minimum Gasteiger partial charge on any atom is -0.398 e. The Morgan fingerprint density at radius 3 is 2.45 bits per heavy atom. The lowest BCUT2D eigenvalue weighted by Gasteiger charge is -2.09. The van der Waals surface area contributed by atoms with Crippen molar-refractivity contribution in [3.8, 4) is 11.1 Å². The summed E-state index contributed by atoms with van der Waals surface area (Å²) in [5.74, 6) is 2.08. The maximum atomic E-state index is 12.8. The van der Waals surface area contributed by atoms with E-state index in [1.54, 1.807) is 18.0 Å². The molecule has 0 radical (unpaired) electrons. The van der Waals surface area contributed by atoms with Gasteiger partial charge in [-0.05, 0) is 53.8 Å². The van der Waals surface area contributed by atoms with Crippen molar-refractivity contribution >= 4 is 29.5 Å². The summed E-state index contributed by atoms with van der Waals surface area (Å²) in [5, 5.41) is 0. The number of hydrogen-bond donors (Lipinski definition) is 1. The van der Waals surface area contributed by atoms with E-state index in [9.17, 15) is 13.2 Å². The molecule has 3 aromatic rings. The molecule has 1 saturated carbocycles. The van der Waals surface area contributed by atoms with Gasteiger partial charge in [0.05, 0.1) is 10.5 Å². The third-order valence-corrected chi connectivity index (χ3v) is 6.07. The van der Waals surface area contributed by atoms with Crippen molar-refractivity contribution in [3.63, 3.8) is 0 Å². The number of nitrogens with two attached hydrogens (primary N) is 1. The van der Waals surface area contributed by atoms with Crippen molar-refractivity contribution in [3.05, 3.63) is 71.4 Å². The van der Waals surface area contributed by atoms with Gasteiger partial charge in [0.15, 0.2) is 5.82 Å². The number of aliphatic imine (C=N–C) groups is 1. The zero-order valence-corrected chi connectivity index (χ0v) is 17.8. The highest BCUT2D eigenvalue weighted by Crippen LogP contribution is 2.41. The van der Waals surface area contributed by atoms with E-state index in [1.807, 2.05) is 6.92 Å². The molecule has 7 heteroatoms. The van der Waals surface area contributed by atoms with Crippen LogP contribution in [0.5, 0.6) is 0 Å². The molecule has 160 valence electrons. The lowest BCUT2D eigenvalue weighted by Crippen LogP contribution is -2.06. The fourth-order valence-corrected chi connectivity index (χ4v) is 4.07. The molecule has 2 aromatic carbocycles. The number of thioether (sulfide) groups is 1. The number of anilines is 1. The minimum atomic E-state index is -4.43. The van der Waals surface area contributed by atoms with E-state index in [2.05, 4.69) is 40.3 Å².